The van der Waals surface area contributed by atoms with E-state index in [1.54, 1.807) is 12.1 Å². The van der Waals surface area contributed by atoms with E-state index in [1.165, 1.54) is 0 Å². The average molecular weight is 291 g/mol. The van der Waals surface area contributed by atoms with Crippen LogP contribution in [-0.4, -0.2) is 24.6 Å². The molecule has 5 heteroatoms. The van der Waals surface area contributed by atoms with E-state index < -0.39 is 11.7 Å². The van der Waals surface area contributed by atoms with Gasteiger partial charge < -0.3 is 5.32 Å². The molecule has 0 heterocycles. The molecule has 0 aliphatic carbocycles. The van der Waals surface area contributed by atoms with Gasteiger partial charge in [0, 0.05) is 11.8 Å². The zero-order chi connectivity index (χ0) is 14.3. The second-order valence-electron chi connectivity index (χ2n) is 4.46. The largest absolute Gasteiger partial charge is 0.416 e. The van der Waals surface area contributed by atoms with E-state index in [-0.39, 0.29) is 0 Å². The maximum absolute atomic E-state index is 12.4. The van der Waals surface area contributed by atoms with Gasteiger partial charge in [0.2, 0.25) is 0 Å². The lowest BCUT2D eigenvalue weighted by atomic mass is 10.1. The van der Waals surface area contributed by atoms with Crippen molar-refractivity contribution in [2.75, 3.05) is 18.6 Å². The SMILES string of the molecule is CCCSCC(Cc1ccc(C(F)(F)F)cc1)NC. The molecule has 1 atom stereocenters. The summed E-state index contributed by atoms with van der Waals surface area (Å²) in [5.41, 5.74) is 0.349. The Hall–Kier alpha value is -0.680. The summed E-state index contributed by atoms with van der Waals surface area (Å²) in [7, 11) is 1.89. The Morgan fingerprint density at radius 1 is 1.21 bits per heavy atom. The summed E-state index contributed by atoms with van der Waals surface area (Å²) in [5.74, 6) is 2.09. The topological polar surface area (TPSA) is 12.0 Å². The maximum atomic E-state index is 12.4. The number of hydrogen-bond acceptors (Lipinski definition) is 2. The van der Waals surface area contributed by atoms with Gasteiger partial charge in [0.1, 0.15) is 0 Å². The molecule has 0 saturated heterocycles. The minimum Gasteiger partial charge on any atom is -0.316 e. The number of nitrogens with one attached hydrogen (secondary N) is 1. The molecule has 1 aromatic carbocycles. The standard InChI is InChI=1S/C14H20F3NS/c1-3-8-19-10-13(18-2)9-11-4-6-12(7-5-11)14(15,16)17/h4-7,13,18H,3,8-10H2,1-2H3. The fourth-order valence-corrected chi connectivity index (χ4v) is 2.75. The summed E-state index contributed by atoms with van der Waals surface area (Å²) in [6, 6.07) is 5.74. The lowest BCUT2D eigenvalue weighted by Crippen LogP contribution is -2.30. The van der Waals surface area contributed by atoms with Crippen LogP contribution in [-0.2, 0) is 12.6 Å². The summed E-state index contributed by atoms with van der Waals surface area (Å²) >= 11 is 1.87. The second kappa shape index (κ2) is 7.80. The van der Waals surface area contributed by atoms with Gasteiger partial charge in [0.25, 0.3) is 0 Å². The lowest BCUT2D eigenvalue weighted by Gasteiger charge is -2.16. The average Bonchev–Trinajstić information content (AvgIpc) is 2.37. The molecule has 0 aromatic heterocycles. The van der Waals surface area contributed by atoms with Gasteiger partial charge in [0.15, 0.2) is 0 Å². The summed E-state index contributed by atoms with van der Waals surface area (Å²) in [6.07, 6.45) is -2.36. The molecule has 0 fully saturated rings. The first-order chi connectivity index (χ1) is 8.97. The second-order valence-corrected chi connectivity index (χ2v) is 5.61. The first-order valence-corrected chi connectivity index (χ1v) is 7.54. The Kier molecular flexibility index (Phi) is 6.72. The fourth-order valence-electron chi connectivity index (χ4n) is 1.73. The molecule has 19 heavy (non-hydrogen) atoms. The summed E-state index contributed by atoms with van der Waals surface area (Å²) in [5, 5.41) is 3.21. The van der Waals surface area contributed by atoms with E-state index in [2.05, 4.69) is 12.2 Å². The van der Waals surface area contributed by atoms with Crippen LogP contribution in [0.2, 0.25) is 0 Å². The third-order valence-electron chi connectivity index (χ3n) is 2.84. The fraction of sp³-hybridized carbons (Fsp3) is 0.571. The number of likely N-dealkylation sites (N-methyl/N-ethyl adjacent to an activating group) is 1. The third kappa shape index (κ3) is 5.87. The van der Waals surface area contributed by atoms with Crippen LogP contribution >= 0.6 is 11.8 Å². The molecule has 0 saturated carbocycles. The predicted molar refractivity (Wildman–Crippen MR) is 75.6 cm³/mol. The molecule has 0 radical (unpaired) electrons. The Morgan fingerprint density at radius 3 is 2.32 bits per heavy atom. The van der Waals surface area contributed by atoms with Gasteiger partial charge in [-0.25, -0.2) is 0 Å². The molecule has 1 N–H and O–H groups in total. The van der Waals surface area contributed by atoms with Gasteiger partial charge in [0.05, 0.1) is 5.56 Å². The van der Waals surface area contributed by atoms with Crippen LogP contribution in [0.4, 0.5) is 13.2 Å². The van der Waals surface area contributed by atoms with Crippen LogP contribution in [0.15, 0.2) is 24.3 Å². The lowest BCUT2D eigenvalue weighted by molar-refractivity contribution is -0.137. The van der Waals surface area contributed by atoms with Gasteiger partial charge in [-0.15, -0.1) is 0 Å². The van der Waals surface area contributed by atoms with E-state index in [0.717, 1.165) is 42.0 Å². The minimum atomic E-state index is -4.25. The number of alkyl halides is 3. The highest BCUT2D eigenvalue weighted by Gasteiger charge is 2.29. The van der Waals surface area contributed by atoms with E-state index in [4.69, 9.17) is 0 Å². The van der Waals surface area contributed by atoms with E-state index in [0.29, 0.717) is 6.04 Å². The van der Waals surface area contributed by atoms with Crippen LogP contribution < -0.4 is 5.32 Å². The van der Waals surface area contributed by atoms with Crippen molar-refractivity contribution >= 4 is 11.8 Å². The molecule has 0 bridgehead atoms. The molecular weight excluding hydrogens is 271 g/mol. The zero-order valence-corrected chi connectivity index (χ0v) is 12.1. The van der Waals surface area contributed by atoms with Crippen molar-refractivity contribution in [3.05, 3.63) is 35.4 Å². The number of halogens is 3. The minimum absolute atomic E-state index is 0.299. The first kappa shape index (κ1) is 16.4. The van der Waals surface area contributed by atoms with Crippen molar-refractivity contribution in [1.29, 1.82) is 0 Å². The normalized spacial score (nSPS) is 13.5. The quantitative estimate of drug-likeness (QED) is 0.763. The molecule has 108 valence electrons. The molecule has 1 nitrogen and oxygen atoms in total. The van der Waals surface area contributed by atoms with Crippen LogP contribution in [0, 0.1) is 0 Å². The number of rotatable bonds is 7. The highest BCUT2D eigenvalue weighted by Crippen LogP contribution is 2.29. The van der Waals surface area contributed by atoms with Gasteiger partial charge in [-0.05, 0) is 43.3 Å². The summed E-state index contributed by atoms with van der Waals surface area (Å²) in [6.45, 7) is 2.14. The molecule has 1 unspecified atom stereocenters. The summed E-state index contributed by atoms with van der Waals surface area (Å²) < 4.78 is 37.3. The van der Waals surface area contributed by atoms with Gasteiger partial charge in [-0.2, -0.15) is 24.9 Å². The van der Waals surface area contributed by atoms with Crippen molar-refractivity contribution in [3.63, 3.8) is 0 Å². The van der Waals surface area contributed by atoms with Gasteiger partial charge in [-0.1, -0.05) is 19.1 Å². The highest BCUT2D eigenvalue weighted by molar-refractivity contribution is 7.99. The first-order valence-electron chi connectivity index (χ1n) is 6.38. The van der Waals surface area contributed by atoms with Crippen molar-refractivity contribution in [3.8, 4) is 0 Å². The molecule has 1 aromatic rings. The van der Waals surface area contributed by atoms with Crippen molar-refractivity contribution in [2.24, 2.45) is 0 Å². The van der Waals surface area contributed by atoms with Crippen molar-refractivity contribution < 1.29 is 13.2 Å². The molecular formula is C14H20F3NS. The number of benzene rings is 1. The zero-order valence-electron chi connectivity index (χ0n) is 11.3. The van der Waals surface area contributed by atoms with E-state index in [9.17, 15) is 13.2 Å². The van der Waals surface area contributed by atoms with E-state index in [1.807, 2.05) is 18.8 Å². The van der Waals surface area contributed by atoms with Gasteiger partial charge in [-0.3, -0.25) is 0 Å². The van der Waals surface area contributed by atoms with Gasteiger partial charge >= 0.3 is 6.18 Å². The van der Waals surface area contributed by atoms with Crippen LogP contribution in [0.25, 0.3) is 0 Å². The highest BCUT2D eigenvalue weighted by atomic mass is 32.2. The number of thioether (sulfide) groups is 1. The third-order valence-corrected chi connectivity index (χ3v) is 4.17. The number of hydrogen-bond donors (Lipinski definition) is 1. The summed E-state index contributed by atoms with van der Waals surface area (Å²) in [4.78, 5) is 0. The molecule has 0 amide bonds. The van der Waals surface area contributed by atoms with Crippen LogP contribution in [0.1, 0.15) is 24.5 Å². The monoisotopic (exact) mass is 291 g/mol. The predicted octanol–water partition coefficient (Wildman–Crippen LogP) is 3.98. The maximum Gasteiger partial charge on any atom is 0.416 e. The van der Waals surface area contributed by atoms with Crippen molar-refractivity contribution in [2.45, 2.75) is 32.0 Å². The Balaban J connectivity index is 2.55. The molecule has 0 spiro atoms. The molecule has 0 aliphatic rings. The Morgan fingerprint density at radius 2 is 1.84 bits per heavy atom. The van der Waals surface area contributed by atoms with E-state index >= 15 is 0 Å². The van der Waals surface area contributed by atoms with Crippen LogP contribution in [0.5, 0.6) is 0 Å². The molecule has 0 aliphatic heterocycles. The smallest absolute Gasteiger partial charge is 0.316 e. The Bertz CT molecular complexity index is 362. The van der Waals surface area contributed by atoms with Crippen LogP contribution in [0.3, 0.4) is 0 Å². The van der Waals surface area contributed by atoms with Crippen molar-refractivity contribution in [1.82, 2.24) is 5.32 Å². The Labute approximate surface area is 117 Å². The molecule has 1 rings (SSSR count).